The number of rotatable bonds is 8. The third-order valence-electron chi connectivity index (χ3n) is 4.58. The summed E-state index contributed by atoms with van der Waals surface area (Å²) in [6, 6.07) is 14.5. The van der Waals surface area contributed by atoms with E-state index in [0.717, 1.165) is 16.9 Å². The van der Waals surface area contributed by atoms with E-state index in [1.807, 2.05) is 30.3 Å². The number of carbonyl (C=O) groups excluding carboxylic acids is 2. The number of nitro groups is 1. The second-order valence-electron chi connectivity index (χ2n) is 6.81. The average Bonchev–Trinajstić information content (AvgIpc) is 3.22. The fourth-order valence-electron chi connectivity index (χ4n) is 3.06. The predicted octanol–water partition coefficient (Wildman–Crippen LogP) is 6.04. The van der Waals surface area contributed by atoms with Crippen LogP contribution in [0.2, 0.25) is 0 Å². The number of halogens is 3. The molecule has 3 rings (SSSR count). The minimum absolute atomic E-state index is 0.143. The summed E-state index contributed by atoms with van der Waals surface area (Å²) in [5, 5.41) is 18.7. The van der Waals surface area contributed by atoms with Gasteiger partial charge < -0.3 is 15.4 Å². The Balaban J connectivity index is 1.97. The molecule has 3 aromatic rings. The first-order valence-electron chi connectivity index (χ1n) is 9.85. The van der Waals surface area contributed by atoms with Crippen LogP contribution >= 0.6 is 46.1 Å². The van der Waals surface area contributed by atoms with E-state index in [-0.39, 0.29) is 22.7 Å². The standard InChI is InChI=1S/C22H18Cl3N3O5S/c1-2-33-20(30)17-15(13-8-4-3-5-9-13)12-34-19(17)27-21(22(23,24)25)26-18(29)14-10-6-7-11-16(14)28(31)32/h3-12,21,27H,2H2,1H3,(H,26,29)/t21-/m0/s1. The molecule has 1 heterocycles. The van der Waals surface area contributed by atoms with E-state index >= 15 is 0 Å². The number of nitro benzene ring substituents is 1. The van der Waals surface area contributed by atoms with Crippen LogP contribution in [0.15, 0.2) is 60.0 Å². The monoisotopic (exact) mass is 541 g/mol. The number of esters is 1. The lowest BCUT2D eigenvalue weighted by molar-refractivity contribution is -0.385. The number of amides is 1. The maximum atomic E-state index is 12.8. The Bertz CT molecular complexity index is 1200. The second kappa shape index (κ2) is 11.1. The van der Waals surface area contributed by atoms with Crippen LogP contribution in [0, 0.1) is 10.1 Å². The molecule has 12 heteroatoms. The summed E-state index contributed by atoms with van der Waals surface area (Å²) < 4.78 is 3.13. The molecular formula is C22H18Cl3N3O5S. The molecule has 2 N–H and O–H groups in total. The Morgan fingerprint density at radius 3 is 2.38 bits per heavy atom. The highest BCUT2D eigenvalue weighted by Crippen LogP contribution is 2.39. The van der Waals surface area contributed by atoms with Gasteiger partial charge in [0.15, 0.2) is 0 Å². The maximum absolute atomic E-state index is 12.8. The number of para-hydroxylation sites is 1. The molecule has 1 aromatic heterocycles. The van der Waals surface area contributed by atoms with Gasteiger partial charge in [-0.2, -0.15) is 0 Å². The van der Waals surface area contributed by atoms with Gasteiger partial charge in [-0.3, -0.25) is 14.9 Å². The van der Waals surface area contributed by atoms with Crippen LogP contribution in [-0.4, -0.2) is 33.4 Å². The summed E-state index contributed by atoms with van der Waals surface area (Å²) in [4.78, 5) is 36.3. The number of thiophene rings is 1. The largest absolute Gasteiger partial charge is 0.462 e. The van der Waals surface area contributed by atoms with Crippen LogP contribution in [0.5, 0.6) is 0 Å². The molecule has 8 nitrogen and oxygen atoms in total. The normalized spacial score (nSPS) is 12.0. The summed E-state index contributed by atoms with van der Waals surface area (Å²) in [6.07, 6.45) is -1.35. The van der Waals surface area contributed by atoms with Crippen molar-refractivity contribution in [2.75, 3.05) is 11.9 Å². The van der Waals surface area contributed by atoms with E-state index < -0.39 is 32.4 Å². The van der Waals surface area contributed by atoms with Crippen molar-refractivity contribution < 1.29 is 19.2 Å². The van der Waals surface area contributed by atoms with E-state index in [2.05, 4.69) is 10.6 Å². The highest BCUT2D eigenvalue weighted by atomic mass is 35.6. The van der Waals surface area contributed by atoms with E-state index in [0.29, 0.717) is 5.56 Å². The minimum atomic E-state index is -2.08. The fraction of sp³-hybridized carbons (Fsp3) is 0.182. The topological polar surface area (TPSA) is 111 Å². The molecule has 1 amide bonds. The Hall–Kier alpha value is -2.85. The third-order valence-corrected chi connectivity index (χ3v) is 6.14. The summed E-state index contributed by atoms with van der Waals surface area (Å²) >= 11 is 19.5. The van der Waals surface area contributed by atoms with Gasteiger partial charge in [0, 0.05) is 17.0 Å². The first-order chi connectivity index (χ1) is 16.1. The van der Waals surface area contributed by atoms with Gasteiger partial charge in [0.1, 0.15) is 22.3 Å². The number of ether oxygens (including phenoxy) is 1. The first kappa shape index (κ1) is 25.8. The minimum Gasteiger partial charge on any atom is -0.462 e. The molecule has 0 fully saturated rings. The molecular weight excluding hydrogens is 525 g/mol. The highest BCUT2D eigenvalue weighted by molar-refractivity contribution is 7.15. The van der Waals surface area contributed by atoms with Crippen molar-refractivity contribution in [3.8, 4) is 11.1 Å². The van der Waals surface area contributed by atoms with Crippen molar-refractivity contribution in [2.24, 2.45) is 0 Å². The molecule has 0 bridgehead atoms. The van der Waals surface area contributed by atoms with Crippen molar-refractivity contribution in [1.82, 2.24) is 5.32 Å². The Morgan fingerprint density at radius 2 is 1.76 bits per heavy atom. The van der Waals surface area contributed by atoms with Gasteiger partial charge in [0.25, 0.3) is 11.6 Å². The molecule has 0 saturated carbocycles. The number of nitrogens with zero attached hydrogens (tertiary/aromatic N) is 1. The molecule has 0 aliphatic rings. The highest BCUT2D eigenvalue weighted by Gasteiger charge is 2.37. The van der Waals surface area contributed by atoms with Crippen LogP contribution in [0.4, 0.5) is 10.7 Å². The summed E-state index contributed by atoms with van der Waals surface area (Å²) in [5.74, 6) is -1.44. The summed E-state index contributed by atoms with van der Waals surface area (Å²) in [7, 11) is 0. The number of anilines is 1. The summed E-state index contributed by atoms with van der Waals surface area (Å²) in [5.41, 5.74) is 0.953. The molecule has 0 spiro atoms. The van der Waals surface area contributed by atoms with Gasteiger partial charge in [-0.15, -0.1) is 11.3 Å². The van der Waals surface area contributed by atoms with Crippen molar-refractivity contribution in [3.05, 3.63) is 81.2 Å². The van der Waals surface area contributed by atoms with Crippen molar-refractivity contribution in [3.63, 3.8) is 0 Å². The number of carbonyl (C=O) groups is 2. The fourth-order valence-corrected chi connectivity index (χ4v) is 4.38. The Kier molecular flexibility index (Phi) is 8.37. The average molecular weight is 543 g/mol. The summed E-state index contributed by atoms with van der Waals surface area (Å²) in [6.45, 7) is 1.82. The molecule has 1 atom stereocenters. The maximum Gasteiger partial charge on any atom is 0.341 e. The van der Waals surface area contributed by atoms with Crippen LogP contribution in [0.25, 0.3) is 11.1 Å². The van der Waals surface area contributed by atoms with E-state index in [1.54, 1.807) is 12.3 Å². The van der Waals surface area contributed by atoms with Gasteiger partial charge in [-0.1, -0.05) is 77.3 Å². The van der Waals surface area contributed by atoms with E-state index in [1.165, 1.54) is 24.3 Å². The molecule has 0 unspecified atom stereocenters. The number of alkyl halides is 3. The quantitative estimate of drug-likeness (QED) is 0.118. The molecule has 0 radical (unpaired) electrons. The predicted molar refractivity (Wildman–Crippen MR) is 134 cm³/mol. The van der Waals surface area contributed by atoms with Crippen LogP contribution in [-0.2, 0) is 4.74 Å². The Morgan fingerprint density at radius 1 is 1.12 bits per heavy atom. The SMILES string of the molecule is CCOC(=O)c1c(-c2ccccc2)csc1N[C@H](NC(=O)c1ccccc1[N+](=O)[O-])C(Cl)(Cl)Cl. The van der Waals surface area contributed by atoms with Crippen molar-refractivity contribution >= 4 is 68.7 Å². The zero-order valence-electron chi connectivity index (χ0n) is 17.6. The zero-order chi connectivity index (χ0) is 24.9. The number of hydrogen-bond acceptors (Lipinski definition) is 7. The van der Waals surface area contributed by atoms with Crippen LogP contribution < -0.4 is 10.6 Å². The van der Waals surface area contributed by atoms with Gasteiger partial charge in [0.2, 0.25) is 3.79 Å². The van der Waals surface area contributed by atoms with Gasteiger partial charge in [0.05, 0.1) is 11.5 Å². The van der Waals surface area contributed by atoms with Crippen LogP contribution in [0.3, 0.4) is 0 Å². The smallest absolute Gasteiger partial charge is 0.341 e. The number of benzene rings is 2. The molecule has 0 aliphatic heterocycles. The zero-order valence-corrected chi connectivity index (χ0v) is 20.7. The lowest BCUT2D eigenvalue weighted by Crippen LogP contribution is -2.49. The Labute approximate surface area is 213 Å². The number of nitrogens with one attached hydrogen (secondary N) is 2. The van der Waals surface area contributed by atoms with E-state index in [4.69, 9.17) is 39.5 Å². The van der Waals surface area contributed by atoms with Gasteiger partial charge in [-0.05, 0) is 18.6 Å². The number of hydrogen-bond donors (Lipinski definition) is 2. The van der Waals surface area contributed by atoms with Gasteiger partial charge >= 0.3 is 5.97 Å². The molecule has 34 heavy (non-hydrogen) atoms. The molecule has 0 aliphatic carbocycles. The van der Waals surface area contributed by atoms with Crippen molar-refractivity contribution in [1.29, 1.82) is 0 Å². The van der Waals surface area contributed by atoms with Crippen molar-refractivity contribution in [2.45, 2.75) is 16.9 Å². The lowest BCUT2D eigenvalue weighted by Gasteiger charge is -2.27. The van der Waals surface area contributed by atoms with Crippen LogP contribution in [0.1, 0.15) is 27.6 Å². The van der Waals surface area contributed by atoms with E-state index in [9.17, 15) is 19.7 Å². The first-order valence-corrected chi connectivity index (χ1v) is 11.9. The second-order valence-corrected chi connectivity index (χ2v) is 10.1. The lowest BCUT2D eigenvalue weighted by atomic mass is 10.0. The molecule has 2 aromatic carbocycles. The van der Waals surface area contributed by atoms with Gasteiger partial charge in [-0.25, -0.2) is 4.79 Å². The molecule has 178 valence electrons. The molecule has 0 saturated heterocycles. The third kappa shape index (κ3) is 5.98.